The molecule has 9 heteroatoms. The van der Waals surface area contributed by atoms with Gasteiger partial charge in [-0.05, 0) is 0 Å². The second-order valence-corrected chi connectivity index (χ2v) is 2.22. The van der Waals surface area contributed by atoms with Crippen molar-refractivity contribution in [2.45, 2.75) is 12.3 Å². The standard InChI is InChI=1S/C4H15N5.Co.N3/c5-1-3(7)9-4(8)2-6;;1-3-2/h3-4,9H,1-2,5-8H2;;/q;+1;-1. The Morgan fingerprint density at radius 3 is 1.77 bits per heavy atom. The Labute approximate surface area is 84.8 Å². The monoisotopic (exact) mass is 234 g/mol. The summed E-state index contributed by atoms with van der Waals surface area (Å²) in [7, 11) is 0. The topological polar surface area (TPSA) is 165 Å². The first-order chi connectivity index (χ1) is 6.12. The van der Waals surface area contributed by atoms with Crippen molar-refractivity contribution in [1.82, 2.24) is 5.32 Å². The molecule has 9 N–H and O–H groups in total. The van der Waals surface area contributed by atoms with Gasteiger partial charge in [0.05, 0.1) is 12.3 Å². The van der Waals surface area contributed by atoms with Gasteiger partial charge in [-0.25, -0.2) is 0 Å². The van der Waals surface area contributed by atoms with Crippen molar-refractivity contribution in [2.24, 2.45) is 27.1 Å². The molecule has 0 aromatic heterocycles. The van der Waals surface area contributed by atoms with E-state index in [0.717, 1.165) is 0 Å². The Balaban J connectivity index is 0. The van der Waals surface area contributed by atoms with E-state index < -0.39 is 0 Å². The van der Waals surface area contributed by atoms with Crippen LogP contribution in [0.4, 0.5) is 0 Å². The molecule has 2 unspecified atom stereocenters. The summed E-state index contributed by atoms with van der Waals surface area (Å²) >= 11 is 3.17. The SMILES string of the molecule is NCC(N)NC(N)CN.[N-]=[N+]=[N][Co]. The molecule has 0 amide bonds. The Morgan fingerprint density at radius 2 is 1.62 bits per heavy atom. The van der Waals surface area contributed by atoms with Crippen LogP contribution in [0.15, 0.2) is 4.16 Å². The maximum atomic E-state index is 7.26. The van der Waals surface area contributed by atoms with E-state index in [9.17, 15) is 0 Å². The Bertz CT molecular complexity index is 137. The van der Waals surface area contributed by atoms with Gasteiger partial charge in [0.25, 0.3) is 0 Å². The summed E-state index contributed by atoms with van der Waals surface area (Å²) in [5.41, 5.74) is 28.4. The summed E-state index contributed by atoms with van der Waals surface area (Å²) in [5.74, 6) is 0. The molecule has 0 saturated heterocycles. The van der Waals surface area contributed by atoms with Gasteiger partial charge in [-0.2, -0.15) is 0 Å². The number of hydrogen-bond donors (Lipinski definition) is 5. The molecule has 8 nitrogen and oxygen atoms in total. The van der Waals surface area contributed by atoms with Crippen molar-refractivity contribution in [1.29, 1.82) is 0 Å². The molecule has 13 heavy (non-hydrogen) atoms. The summed E-state index contributed by atoms with van der Waals surface area (Å²) < 4.78 is 2.60. The van der Waals surface area contributed by atoms with Crippen LogP contribution < -0.4 is 28.3 Å². The Hall–Kier alpha value is -0.384. The van der Waals surface area contributed by atoms with Gasteiger partial charge in [0.2, 0.25) is 0 Å². The van der Waals surface area contributed by atoms with Gasteiger partial charge >= 0.3 is 30.6 Å². The van der Waals surface area contributed by atoms with Crippen LogP contribution in [-0.2, 0) is 16.0 Å². The molecule has 0 saturated carbocycles. The Morgan fingerprint density at radius 1 is 1.31 bits per heavy atom. The van der Waals surface area contributed by atoms with E-state index >= 15 is 0 Å². The molecule has 0 rings (SSSR count). The fourth-order valence-electron chi connectivity index (χ4n) is 0.411. The van der Waals surface area contributed by atoms with Crippen molar-refractivity contribution in [2.75, 3.05) is 13.1 Å². The van der Waals surface area contributed by atoms with Crippen molar-refractivity contribution in [3.05, 3.63) is 10.4 Å². The molecule has 0 aromatic rings. The number of nitrogens with zero attached hydrogens (tertiary/aromatic N) is 3. The molecule has 0 aliphatic carbocycles. The first kappa shape index (κ1) is 15.1. The van der Waals surface area contributed by atoms with Gasteiger partial charge in [-0.3, -0.25) is 5.32 Å². The molecule has 80 valence electrons. The van der Waals surface area contributed by atoms with Crippen LogP contribution in [-0.4, -0.2) is 25.4 Å². The van der Waals surface area contributed by atoms with Crippen LogP contribution >= 0.6 is 0 Å². The number of rotatable bonds is 4. The third-order valence-corrected chi connectivity index (χ3v) is 1.06. The molecule has 0 aliphatic heterocycles. The van der Waals surface area contributed by atoms with Gasteiger partial charge in [-0.15, -0.1) is 0 Å². The fraction of sp³-hybridized carbons (Fsp3) is 1.00. The second kappa shape index (κ2) is 11.6. The van der Waals surface area contributed by atoms with E-state index in [0.29, 0.717) is 13.1 Å². The first-order valence-corrected chi connectivity index (χ1v) is 3.89. The third-order valence-electron chi connectivity index (χ3n) is 0.966. The molecule has 2 atom stereocenters. The number of nitrogens with two attached hydrogens (primary N) is 4. The molecule has 0 fully saturated rings. The predicted molar refractivity (Wildman–Crippen MR) is 46.3 cm³/mol. The first-order valence-electron chi connectivity index (χ1n) is 3.43. The fourth-order valence-corrected chi connectivity index (χ4v) is 0.411. The van der Waals surface area contributed by atoms with Crippen LogP contribution in [0.25, 0.3) is 10.4 Å². The Kier molecular flexibility index (Phi) is 13.5. The number of azide groups is 1. The van der Waals surface area contributed by atoms with Crippen molar-refractivity contribution >= 4 is 0 Å². The predicted octanol–water partition coefficient (Wildman–Crippen LogP) is -2.18. The van der Waals surface area contributed by atoms with E-state index in [1.165, 1.54) is 0 Å². The molecule has 0 bridgehead atoms. The maximum absolute atomic E-state index is 7.26. The van der Waals surface area contributed by atoms with Crippen LogP contribution in [0.1, 0.15) is 0 Å². The van der Waals surface area contributed by atoms with E-state index in [-0.39, 0.29) is 12.3 Å². The van der Waals surface area contributed by atoms with Gasteiger partial charge in [0.15, 0.2) is 0 Å². The van der Waals surface area contributed by atoms with E-state index in [2.05, 4.69) is 30.3 Å². The summed E-state index contributed by atoms with van der Waals surface area (Å²) in [4.78, 5) is 2.22. The normalized spacial score (nSPS) is 13.4. The molecule has 0 heterocycles. The van der Waals surface area contributed by atoms with E-state index in [4.69, 9.17) is 28.5 Å². The average molecular weight is 234 g/mol. The zero-order chi connectivity index (χ0) is 10.7. The zero-order valence-corrected chi connectivity index (χ0v) is 8.09. The third kappa shape index (κ3) is 14.5. The van der Waals surface area contributed by atoms with Gasteiger partial charge in [0, 0.05) is 13.1 Å². The number of nitrogens with one attached hydrogen (secondary N) is 1. The molecular formula is C4H15CoN8. The average Bonchev–Trinajstić information content (AvgIpc) is 2.17. The summed E-state index contributed by atoms with van der Waals surface area (Å²) in [6.45, 7) is 0.738. The molecule has 0 aliphatic rings. The van der Waals surface area contributed by atoms with Crippen LogP contribution in [0.2, 0.25) is 0 Å². The zero-order valence-electron chi connectivity index (χ0n) is 7.05. The minimum absolute atomic E-state index is 0.247. The van der Waals surface area contributed by atoms with Crippen molar-refractivity contribution < 1.29 is 16.0 Å². The molecule has 0 radical (unpaired) electrons. The van der Waals surface area contributed by atoms with Crippen LogP contribution in [0.5, 0.6) is 0 Å². The van der Waals surface area contributed by atoms with E-state index in [1.807, 2.05) is 0 Å². The summed E-state index contributed by atoms with van der Waals surface area (Å²) in [5, 5.41) is 2.78. The minimum atomic E-state index is -0.247. The van der Waals surface area contributed by atoms with Gasteiger partial charge in [-0.1, -0.05) is 0 Å². The van der Waals surface area contributed by atoms with Crippen LogP contribution in [0.3, 0.4) is 0 Å². The van der Waals surface area contributed by atoms with Gasteiger partial charge in [0.1, 0.15) is 0 Å². The van der Waals surface area contributed by atoms with Crippen LogP contribution in [0, 0.1) is 0 Å². The second-order valence-electron chi connectivity index (χ2n) is 2.01. The molecule has 0 spiro atoms. The molecule has 0 aromatic carbocycles. The van der Waals surface area contributed by atoms with Gasteiger partial charge < -0.3 is 22.9 Å². The molecular weight excluding hydrogens is 219 g/mol. The van der Waals surface area contributed by atoms with Crippen molar-refractivity contribution in [3.63, 3.8) is 0 Å². The summed E-state index contributed by atoms with van der Waals surface area (Å²) in [6.07, 6.45) is -0.493. The quantitative estimate of drug-likeness (QED) is 0.161. The van der Waals surface area contributed by atoms with E-state index in [1.54, 1.807) is 0 Å². The number of hydrogen-bond acceptors (Lipinski definition) is 6. The summed E-state index contributed by atoms with van der Waals surface area (Å²) in [6, 6.07) is 0. The van der Waals surface area contributed by atoms with Crippen molar-refractivity contribution in [3.8, 4) is 0 Å².